The summed E-state index contributed by atoms with van der Waals surface area (Å²) < 4.78 is 2.62. The molecule has 0 N–H and O–H groups in total. The van der Waals surface area contributed by atoms with Crippen LogP contribution >= 0.6 is 0 Å². The molecule has 0 fully saturated rings. The first kappa shape index (κ1) is 12.9. The topological polar surface area (TPSA) is 44.0 Å². The van der Waals surface area contributed by atoms with E-state index < -0.39 is 0 Å². The van der Waals surface area contributed by atoms with Gasteiger partial charge in [0.1, 0.15) is 0 Å². The molecule has 4 heteroatoms. The van der Waals surface area contributed by atoms with Crippen molar-refractivity contribution in [3.05, 3.63) is 69.0 Å². The van der Waals surface area contributed by atoms with Gasteiger partial charge in [0, 0.05) is 24.4 Å². The largest absolute Gasteiger partial charge is 0.331 e. The number of rotatable bonds is 2. The van der Waals surface area contributed by atoms with Crippen LogP contribution in [0.25, 0.3) is 0 Å². The normalized spacial score (nSPS) is 9.74. The molecule has 0 aliphatic carbocycles. The molecule has 19 heavy (non-hydrogen) atoms. The minimum Gasteiger partial charge on any atom is -0.301 e. The van der Waals surface area contributed by atoms with Gasteiger partial charge in [0.05, 0.1) is 6.54 Å². The van der Waals surface area contributed by atoms with Crippen LogP contribution in [-0.2, 0) is 13.1 Å². The summed E-state index contributed by atoms with van der Waals surface area (Å²) in [5, 5.41) is 0. The summed E-state index contributed by atoms with van der Waals surface area (Å²) in [6.07, 6.45) is 1.51. The fourth-order valence-electron chi connectivity index (χ4n) is 1.69. The number of aryl methyl sites for hydroxylation is 1. The van der Waals surface area contributed by atoms with Crippen LogP contribution in [0.1, 0.15) is 12.5 Å². The second-order valence-electron chi connectivity index (χ2n) is 3.98. The van der Waals surface area contributed by atoms with Gasteiger partial charge in [-0.1, -0.05) is 30.0 Å². The highest BCUT2D eigenvalue weighted by Crippen LogP contribution is 1.94. The standard InChI is InChI=1S/C15H14N2O2/c1-2-16-12-10-14(18)17(15(16)19)11-6-9-13-7-4-3-5-8-13/h3-5,7-8,10,12H,2,11H2,1H3. The zero-order valence-electron chi connectivity index (χ0n) is 10.7. The van der Waals surface area contributed by atoms with Gasteiger partial charge in [0.25, 0.3) is 5.56 Å². The van der Waals surface area contributed by atoms with E-state index in [-0.39, 0.29) is 17.8 Å². The fraction of sp³-hybridized carbons (Fsp3) is 0.200. The molecule has 0 radical (unpaired) electrons. The molecule has 0 saturated heterocycles. The molecule has 1 aromatic heterocycles. The van der Waals surface area contributed by atoms with Gasteiger partial charge in [-0.05, 0) is 19.1 Å². The van der Waals surface area contributed by atoms with E-state index in [0.717, 1.165) is 10.1 Å². The van der Waals surface area contributed by atoms with Crippen molar-refractivity contribution < 1.29 is 0 Å². The maximum atomic E-state index is 11.9. The molecule has 0 spiro atoms. The third-order valence-electron chi connectivity index (χ3n) is 2.72. The van der Waals surface area contributed by atoms with Crippen LogP contribution < -0.4 is 11.2 Å². The molecule has 1 aromatic carbocycles. The third kappa shape index (κ3) is 3.02. The van der Waals surface area contributed by atoms with Crippen LogP contribution in [0.5, 0.6) is 0 Å². The lowest BCUT2D eigenvalue weighted by Crippen LogP contribution is -2.38. The fourth-order valence-corrected chi connectivity index (χ4v) is 1.69. The quantitative estimate of drug-likeness (QED) is 0.753. The maximum Gasteiger partial charge on any atom is 0.331 e. The van der Waals surface area contributed by atoms with E-state index in [0.29, 0.717) is 6.54 Å². The van der Waals surface area contributed by atoms with E-state index in [9.17, 15) is 9.59 Å². The Labute approximate surface area is 110 Å². The van der Waals surface area contributed by atoms with Crippen LogP contribution in [-0.4, -0.2) is 9.13 Å². The van der Waals surface area contributed by atoms with Gasteiger partial charge in [0.15, 0.2) is 0 Å². The van der Waals surface area contributed by atoms with Gasteiger partial charge < -0.3 is 4.57 Å². The summed E-state index contributed by atoms with van der Waals surface area (Å²) in [6.45, 7) is 2.49. The molecule has 0 saturated carbocycles. The SMILES string of the molecule is CCn1ccc(=O)n(CC#Cc2ccccc2)c1=O. The Morgan fingerprint density at radius 1 is 1.11 bits per heavy atom. The zero-order valence-corrected chi connectivity index (χ0v) is 10.7. The Morgan fingerprint density at radius 3 is 2.53 bits per heavy atom. The van der Waals surface area contributed by atoms with Crippen molar-refractivity contribution in [2.75, 3.05) is 0 Å². The number of aromatic nitrogens is 2. The van der Waals surface area contributed by atoms with Gasteiger partial charge in [-0.25, -0.2) is 9.36 Å². The molecule has 0 amide bonds. The van der Waals surface area contributed by atoms with Gasteiger partial charge in [0.2, 0.25) is 0 Å². The average Bonchev–Trinajstić information content (AvgIpc) is 2.44. The van der Waals surface area contributed by atoms with E-state index in [1.807, 2.05) is 37.3 Å². The maximum absolute atomic E-state index is 11.9. The Hall–Kier alpha value is -2.54. The van der Waals surface area contributed by atoms with Crippen LogP contribution in [0.2, 0.25) is 0 Å². The predicted octanol–water partition coefficient (Wildman–Crippen LogP) is 1.08. The Bertz CT molecular complexity index is 730. The molecule has 0 bridgehead atoms. The molecule has 0 aliphatic heterocycles. The van der Waals surface area contributed by atoms with Crippen molar-refractivity contribution in [1.29, 1.82) is 0 Å². The predicted molar refractivity (Wildman–Crippen MR) is 74.0 cm³/mol. The summed E-state index contributed by atoms with van der Waals surface area (Å²) in [7, 11) is 0. The third-order valence-corrected chi connectivity index (χ3v) is 2.72. The summed E-state index contributed by atoms with van der Waals surface area (Å²) in [5.74, 6) is 5.78. The van der Waals surface area contributed by atoms with Gasteiger partial charge in [-0.15, -0.1) is 0 Å². The highest BCUT2D eigenvalue weighted by Gasteiger charge is 2.01. The monoisotopic (exact) mass is 254 g/mol. The Morgan fingerprint density at radius 2 is 1.84 bits per heavy atom. The van der Waals surface area contributed by atoms with E-state index >= 15 is 0 Å². The molecule has 2 aromatic rings. The first-order valence-electron chi connectivity index (χ1n) is 6.06. The summed E-state index contributed by atoms with van der Waals surface area (Å²) >= 11 is 0. The lowest BCUT2D eigenvalue weighted by atomic mass is 10.2. The van der Waals surface area contributed by atoms with Crippen LogP contribution in [0.4, 0.5) is 0 Å². The summed E-state index contributed by atoms with van der Waals surface area (Å²) in [5.41, 5.74) is 0.219. The Balaban J connectivity index is 2.29. The lowest BCUT2D eigenvalue weighted by Gasteiger charge is -2.04. The van der Waals surface area contributed by atoms with Gasteiger partial charge >= 0.3 is 5.69 Å². The summed E-state index contributed by atoms with van der Waals surface area (Å²) in [4.78, 5) is 23.6. The number of benzene rings is 1. The highest BCUT2D eigenvalue weighted by atomic mass is 16.2. The van der Waals surface area contributed by atoms with E-state index in [1.165, 1.54) is 16.8 Å². The molecule has 2 rings (SSSR count). The van der Waals surface area contributed by atoms with E-state index in [1.54, 1.807) is 0 Å². The number of hydrogen-bond donors (Lipinski definition) is 0. The minimum absolute atomic E-state index is 0.105. The van der Waals surface area contributed by atoms with Crippen molar-refractivity contribution in [3.8, 4) is 11.8 Å². The molecular formula is C15H14N2O2. The van der Waals surface area contributed by atoms with E-state index in [2.05, 4.69) is 11.8 Å². The first-order valence-corrected chi connectivity index (χ1v) is 6.06. The van der Waals surface area contributed by atoms with E-state index in [4.69, 9.17) is 0 Å². The molecule has 0 unspecified atom stereocenters. The first-order chi connectivity index (χ1) is 9.22. The molecule has 4 nitrogen and oxygen atoms in total. The molecule has 0 aliphatic rings. The second kappa shape index (κ2) is 5.87. The van der Waals surface area contributed by atoms with Crippen molar-refractivity contribution in [3.63, 3.8) is 0 Å². The van der Waals surface area contributed by atoms with Crippen molar-refractivity contribution in [1.82, 2.24) is 9.13 Å². The number of nitrogens with zero attached hydrogens (tertiary/aromatic N) is 2. The number of hydrogen-bond acceptors (Lipinski definition) is 2. The van der Waals surface area contributed by atoms with Crippen LogP contribution in [0, 0.1) is 11.8 Å². The molecule has 1 heterocycles. The second-order valence-corrected chi connectivity index (χ2v) is 3.98. The zero-order chi connectivity index (χ0) is 13.7. The summed E-state index contributed by atoms with van der Waals surface area (Å²) in [6, 6.07) is 10.8. The molecule has 96 valence electrons. The van der Waals surface area contributed by atoms with Crippen molar-refractivity contribution in [2.45, 2.75) is 20.0 Å². The Kier molecular flexibility index (Phi) is 3.99. The molecule has 0 atom stereocenters. The van der Waals surface area contributed by atoms with Gasteiger partial charge in [-0.2, -0.15) is 0 Å². The average molecular weight is 254 g/mol. The van der Waals surface area contributed by atoms with Crippen molar-refractivity contribution in [2.24, 2.45) is 0 Å². The van der Waals surface area contributed by atoms with Crippen molar-refractivity contribution >= 4 is 0 Å². The lowest BCUT2D eigenvalue weighted by molar-refractivity contribution is 0.611. The highest BCUT2D eigenvalue weighted by molar-refractivity contribution is 5.33. The smallest absolute Gasteiger partial charge is 0.301 e. The van der Waals surface area contributed by atoms with Crippen LogP contribution in [0.15, 0.2) is 52.2 Å². The van der Waals surface area contributed by atoms with Crippen LogP contribution in [0.3, 0.4) is 0 Å². The minimum atomic E-state index is -0.322. The van der Waals surface area contributed by atoms with Gasteiger partial charge in [-0.3, -0.25) is 4.79 Å². The molecular weight excluding hydrogens is 240 g/mol.